The van der Waals surface area contributed by atoms with Gasteiger partial charge in [-0.1, -0.05) is 24.3 Å². The number of urea groups is 1. The molecule has 0 aliphatic carbocycles. The third-order valence-corrected chi connectivity index (χ3v) is 3.67. The van der Waals surface area contributed by atoms with Gasteiger partial charge >= 0.3 is 6.03 Å². The summed E-state index contributed by atoms with van der Waals surface area (Å²) in [5.41, 5.74) is 7.66. The Labute approximate surface area is 125 Å². The smallest absolute Gasteiger partial charge is 0.325 e. The zero-order valence-corrected chi connectivity index (χ0v) is 11.8. The van der Waals surface area contributed by atoms with Crippen molar-refractivity contribution in [1.82, 2.24) is 9.97 Å². The highest BCUT2D eigenvalue weighted by atomic mass is 32.1. The number of nitrogens with zero attached hydrogens (tertiary/aromatic N) is 3. The summed E-state index contributed by atoms with van der Waals surface area (Å²) in [5.74, 6) is 0. The highest BCUT2D eigenvalue weighted by molar-refractivity contribution is 7.14. The van der Waals surface area contributed by atoms with Crippen LogP contribution < -0.4 is 10.6 Å². The van der Waals surface area contributed by atoms with Crippen LogP contribution in [0, 0.1) is 0 Å². The largest absolute Gasteiger partial charge is 0.351 e. The quantitative estimate of drug-likeness (QED) is 0.805. The van der Waals surface area contributed by atoms with Gasteiger partial charge in [-0.2, -0.15) is 0 Å². The number of thiazole rings is 1. The van der Waals surface area contributed by atoms with Crippen LogP contribution in [0.4, 0.5) is 15.6 Å². The number of aromatic nitrogens is 2. The van der Waals surface area contributed by atoms with Gasteiger partial charge in [0.1, 0.15) is 5.69 Å². The summed E-state index contributed by atoms with van der Waals surface area (Å²) < 4.78 is 0. The van der Waals surface area contributed by atoms with E-state index in [0.29, 0.717) is 10.8 Å². The minimum atomic E-state index is -0.567. The van der Waals surface area contributed by atoms with E-state index in [0.717, 1.165) is 11.4 Å². The lowest BCUT2D eigenvalue weighted by Crippen LogP contribution is -2.31. The van der Waals surface area contributed by atoms with Crippen LogP contribution >= 0.6 is 11.3 Å². The Balaban J connectivity index is 1.99. The summed E-state index contributed by atoms with van der Waals surface area (Å²) in [6.07, 6.45) is 1.71. The molecule has 0 spiro atoms. The van der Waals surface area contributed by atoms with Gasteiger partial charge in [0.2, 0.25) is 0 Å². The van der Waals surface area contributed by atoms with Crippen molar-refractivity contribution >= 4 is 28.2 Å². The number of nitrogens with two attached hydrogens (primary N) is 1. The first-order valence-corrected chi connectivity index (χ1v) is 7.15. The fraction of sp³-hybridized carbons (Fsp3) is 0. The topological polar surface area (TPSA) is 72.1 Å². The molecule has 5 nitrogen and oxygen atoms in total. The van der Waals surface area contributed by atoms with Crippen LogP contribution in [0.25, 0.3) is 11.4 Å². The Kier molecular flexibility index (Phi) is 3.61. The monoisotopic (exact) mass is 296 g/mol. The lowest BCUT2D eigenvalue weighted by atomic mass is 10.3. The van der Waals surface area contributed by atoms with Crippen molar-refractivity contribution in [3.63, 3.8) is 0 Å². The van der Waals surface area contributed by atoms with Crippen LogP contribution in [0.1, 0.15) is 0 Å². The van der Waals surface area contributed by atoms with Gasteiger partial charge in [-0.05, 0) is 24.3 Å². The highest BCUT2D eigenvalue weighted by Gasteiger charge is 2.19. The Morgan fingerprint density at radius 1 is 1.05 bits per heavy atom. The summed E-state index contributed by atoms with van der Waals surface area (Å²) in [7, 11) is 0. The number of benzene rings is 1. The number of hydrogen-bond acceptors (Lipinski definition) is 4. The molecule has 2 amide bonds. The fourth-order valence-electron chi connectivity index (χ4n) is 1.91. The molecule has 0 saturated heterocycles. The molecule has 0 aliphatic heterocycles. The predicted octanol–water partition coefficient (Wildman–Crippen LogP) is 3.42. The molecule has 21 heavy (non-hydrogen) atoms. The molecule has 2 N–H and O–H groups in total. The third-order valence-electron chi connectivity index (χ3n) is 2.85. The molecule has 1 aromatic carbocycles. The molecule has 2 heterocycles. The van der Waals surface area contributed by atoms with Crippen LogP contribution in [0.5, 0.6) is 0 Å². The molecular formula is C15H12N4OS. The maximum absolute atomic E-state index is 11.7. The number of carbonyl (C=O) groups excluding carboxylic acids is 1. The molecule has 0 radical (unpaired) electrons. The number of para-hydroxylation sites is 1. The standard InChI is InChI=1S/C15H12N4OS/c16-14(20)19(11-6-2-1-3-7-11)15-18-13(10-21-15)12-8-4-5-9-17-12/h1-10H,(H2,16,20). The number of primary amides is 1. The SMILES string of the molecule is NC(=O)N(c1ccccc1)c1nc(-c2ccccn2)cs1. The first-order valence-electron chi connectivity index (χ1n) is 6.27. The average Bonchev–Trinajstić information content (AvgIpc) is 2.98. The van der Waals surface area contributed by atoms with Gasteiger partial charge in [0.25, 0.3) is 0 Å². The van der Waals surface area contributed by atoms with Gasteiger partial charge < -0.3 is 5.73 Å². The van der Waals surface area contributed by atoms with Gasteiger partial charge in [0.15, 0.2) is 5.13 Å². The van der Waals surface area contributed by atoms with E-state index in [9.17, 15) is 4.79 Å². The van der Waals surface area contributed by atoms with E-state index >= 15 is 0 Å². The fourth-order valence-corrected chi connectivity index (χ4v) is 2.75. The van der Waals surface area contributed by atoms with Crippen molar-refractivity contribution in [2.45, 2.75) is 0 Å². The molecule has 2 aromatic heterocycles. The van der Waals surface area contributed by atoms with Crippen LogP contribution in [-0.4, -0.2) is 16.0 Å². The zero-order valence-electron chi connectivity index (χ0n) is 11.0. The Bertz CT molecular complexity index is 743. The van der Waals surface area contributed by atoms with E-state index in [2.05, 4.69) is 9.97 Å². The second-order valence-corrected chi connectivity index (χ2v) is 5.08. The molecule has 0 saturated carbocycles. The van der Waals surface area contributed by atoms with E-state index in [1.54, 1.807) is 6.20 Å². The molecule has 0 fully saturated rings. The second kappa shape index (κ2) is 5.72. The minimum absolute atomic E-state index is 0.523. The summed E-state index contributed by atoms with van der Waals surface area (Å²) in [6, 6.07) is 14.2. The maximum atomic E-state index is 11.7. The van der Waals surface area contributed by atoms with Gasteiger partial charge in [-0.15, -0.1) is 11.3 Å². The minimum Gasteiger partial charge on any atom is -0.351 e. The van der Waals surface area contributed by atoms with E-state index < -0.39 is 6.03 Å². The van der Waals surface area contributed by atoms with Crippen LogP contribution in [0.2, 0.25) is 0 Å². The molecule has 0 bridgehead atoms. The number of carbonyl (C=O) groups is 1. The van der Waals surface area contributed by atoms with Crippen molar-refractivity contribution in [2.24, 2.45) is 5.73 Å². The third kappa shape index (κ3) is 2.75. The molecule has 0 aliphatic rings. The molecular weight excluding hydrogens is 284 g/mol. The average molecular weight is 296 g/mol. The Morgan fingerprint density at radius 2 is 1.81 bits per heavy atom. The normalized spacial score (nSPS) is 10.3. The van der Waals surface area contributed by atoms with Gasteiger partial charge in [0.05, 0.1) is 11.4 Å². The first kappa shape index (κ1) is 13.3. The highest BCUT2D eigenvalue weighted by Crippen LogP contribution is 2.31. The van der Waals surface area contributed by atoms with Crippen molar-refractivity contribution in [1.29, 1.82) is 0 Å². The van der Waals surface area contributed by atoms with Gasteiger partial charge in [-0.25, -0.2) is 14.7 Å². The predicted molar refractivity (Wildman–Crippen MR) is 83.5 cm³/mol. The van der Waals surface area contributed by atoms with E-state index in [-0.39, 0.29) is 0 Å². The summed E-state index contributed by atoms with van der Waals surface area (Å²) in [4.78, 5) is 21.8. The van der Waals surface area contributed by atoms with Crippen LogP contribution in [-0.2, 0) is 0 Å². The molecule has 6 heteroatoms. The number of hydrogen-bond donors (Lipinski definition) is 1. The Hall–Kier alpha value is -2.73. The van der Waals surface area contributed by atoms with Crippen LogP contribution in [0.3, 0.4) is 0 Å². The summed E-state index contributed by atoms with van der Waals surface area (Å²) in [5, 5.41) is 2.38. The number of amides is 2. The molecule has 3 aromatic rings. The molecule has 0 unspecified atom stereocenters. The number of pyridine rings is 1. The lowest BCUT2D eigenvalue weighted by Gasteiger charge is -2.16. The summed E-state index contributed by atoms with van der Waals surface area (Å²) >= 11 is 1.35. The zero-order chi connectivity index (χ0) is 14.7. The van der Waals surface area contributed by atoms with E-state index in [1.165, 1.54) is 16.2 Å². The van der Waals surface area contributed by atoms with Gasteiger partial charge in [0, 0.05) is 11.6 Å². The number of rotatable bonds is 3. The maximum Gasteiger partial charge on any atom is 0.325 e. The molecule has 104 valence electrons. The molecule has 0 atom stereocenters. The first-order chi connectivity index (χ1) is 10.3. The Morgan fingerprint density at radius 3 is 2.48 bits per heavy atom. The van der Waals surface area contributed by atoms with Crippen molar-refractivity contribution in [3.8, 4) is 11.4 Å². The van der Waals surface area contributed by atoms with Crippen molar-refractivity contribution in [3.05, 3.63) is 60.1 Å². The van der Waals surface area contributed by atoms with Crippen molar-refractivity contribution in [2.75, 3.05) is 4.90 Å². The van der Waals surface area contributed by atoms with E-state index in [4.69, 9.17) is 5.73 Å². The molecule has 3 rings (SSSR count). The lowest BCUT2D eigenvalue weighted by molar-refractivity contribution is 0.256. The summed E-state index contributed by atoms with van der Waals surface area (Å²) in [6.45, 7) is 0. The number of anilines is 2. The van der Waals surface area contributed by atoms with Crippen LogP contribution in [0.15, 0.2) is 60.1 Å². The second-order valence-electron chi connectivity index (χ2n) is 4.24. The van der Waals surface area contributed by atoms with E-state index in [1.807, 2.05) is 53.9 Å². The van der Waals surface area contributed by atoms with Crippen molar-refractivity contribution < 1.29 is 4.79 Å². The van der Waals surface area contributed by atoms with Gasteiger partial charge in [-0.3, -0.25) is 4.98 Å².